The second-order valence-corrected chi connectivity index (χ2v) is 2.80. The van der Waals surface area contributed by atoms with Crippen LogP contribution in [0.1, 0.15) is 33.6 Å². The molecule has 0 radical (unpaired) electrons. The molecule has 4 nitrogen and oxygen atoms in total. The number of ether oxygens (including phenoxy) is 2. The Morgan fingerprint density at radius 1 is 0.733 bits per heavy atom. The highest BCUT2D eigenvalue weighted by molar-refractivity contribution is 4.26. The van der Waals surface area contributed by atoms with Gasteiger partial charge in [0.25, 0.3) is 0 Å². The Hall–Kier alpha value is -0.160. The zero-order valence-electron chi connectivity index (χ0n) is 10.6. The van der Waals surface area contributed by atoms with Gasteiger partial charge in [0.15, 0.2) is 0 Å². The predicted molar refractivity (Wildman–Crippen MR) is 60.9 cm³/mol. The Morgan fingerprint density at radius 2 is 1.33 bits per heavy atom. The van der Waals surface area contributed by atoms with Gasteiger partial charge in [-0.2, -0.15) is 0 Å². The molecule has 0 saturated heterocycles. The number of hydrogen-bond donors (Lipinski definition) is 0. The highest BCUT2D eigenvalue weighted by Gasteiger charge is 1.84. The zero-order valence-corrected chi connectivity index (χ0v) is 10.6. The van der Waals surface area contributed by atoms with Crippen LogP contribution in [0, 0.1) is 0 Å². The molecule has 0 aromatic rings. The summed E-state index contributed by atoms with van der Waals surface area (Å²) in [4.78, 5) is 8.90. The standard InChI is InChI=1S/C6H14O3.C5H12O/c1-3-4-8-5-6-9-7-2;1-3-5-6-4-2/h3-6H2,1-2H3;3-5H2,1-2H3. The van der Waals surface area contributed by atoms with Crippen LogP contribution < -0.4 is 0 Å². The lowest BCUT2D eigenvalue weighted by molar-refractivity contribution is -0.277. The first-order valence-corrected chi connectivity index (χ1v) is 5.64. The van der Waals surface area contributed by atoms with E-state index in [1.165, 1.54) is 7.11 Å². The number of hydrogen-bond acceptors (Lipinski definition) is 4. The van der Waals surface area contributed by atoms with E-state index in [0.29, 0.717) is 13.2 Å². The number of rotatable bonds is 9. The molecule has 0 bridgehead atoms. The summed E-state index contributed by atoms with van der Waals surface area (Å²) in [5.41, 5.74) is 0. The predicted octanol–water partition coefficient (Wildman–Crippen LogP) is 2.42. The van der Waals surface area contributed by atoms with Crippen molar-refractivity contribution in [3.8, 4) is 0 Å². The lowest BCUT2D eigenvalue weighted by Crippen LogP contribution is -2.03. The van der Waals surface area contributed by atoms with Crippen LogP contribution in [0.5, 0.6) is 0 Å². The summed E-state index contributed by atoms with van der Waals surface area (Å²) in [6.45, 7) is 9.87. The van der Waals surface area contributed by atoms with Crippen molar-refractivity contribution in [1.82, 2.24) is 0 Å². The Balaban J connectivity index is 0. The van der Waals surface area contributed by atoms with E-state index in [0.717, 1.165) is 32.7 Å². The molecule has 0 amide bonds. The van der Waals surface area contributed by atoms with E-state index in [-0.39, 0.29) is 0 Å². The van der Waals surface area contributed by atoms with Crippen LogP contribution in [0.15, 0.2) is 0 Å². The molecular formula is C11H26O4. The molecule has 0 atom stereocenters. The molecular weight excluding hydrogens is 196 g/mol. The second kappa shape index (κ2) is 19.4. The molecule has 0 N–H and O–H groups in total. The molecule has 0 aliphatic rings. The molecule has 0 rings (SSSR count). The van der Waals surface area contributed by atoms with Crippen LogP contribution in [0.4, 0.5) is 0 Å². The summed E-state index contributed by atoms with van der Waals surface area (Å²) in [6.07, 6.45) is 2.18. The topological polar surface area (TPSA) is 36.9 Å². The average molecular weight is 222 g/mol. The van der Waals surface area contributed by atoms with Gasteiger partial charge in [-0.25, -0.2) is 9.78 Å². The van der Waals surface area contributed by atoms with E-state index in [2.05, 4.69) is 23.6 Å². The van der Waals surface area contributed by atoms with E-state index >= 15 is 0 Å². The van der Waals surface area contributed by atoms with Crippen molar-refractivity contribution >= 4 is 0 Å². The third-order valence-electron chi connectivity index (χ3n) is 1.33. The van der Waals surface area contributed by atoms with Crippen molar-refractivity contribution in [3.05, 3.63) is 0 Å². The van der Waals surface area contributed by atoms with Crippen molar-refractivity contribution in [2.75, 3.05) is 40.1 Å². The largest absolute Gasteiger partial charge is 0.382 e. The first-order chi connectivity index (χ1) is 7.33. The minimum atomic E-state index is 0.510. The first kappa shape index (κ1) is 17.2. The van der Waals surface area contributed by atoms with E-state index in [1.54, 1.807) is 0 Å². The van der Waals surface area contributed by atoms with E-state index < -0.39 is 0 Å². The van der Waals surface area contributed by atoms with Gasteiger partial charge in [0.2, 0.25) is 0 Å². The maximum Gasteiger partial charge on any atom is 0.106 e. The van der Waals surface area contributed by atoms with Gasteiger partial charge >= 0.3 is 0 Å². The van der Waals surface area contributed by atoms with Crippen LogP contribution in [-0.2, 0) is 19.2 Å². The monoisotopic (exact) mass is 222 g/mol. The van der Waals surface area contributed by atoms with Gasteiger partial charge in [-0.05, 0) is 19.8 Å². The average Bonchev–Trinajstić information content (AvgIpc) is 2.27. The normalized spacial score (nSPS) is 9.60. The van der Waals surface area contributed by atoms with E-state index in [9.17, 15) is 0 Å². The van der Waals surface area contributed by atoms with Crippen molar-refractivity contribution in [3.63, 3.8) is 0 Å². The lowest BCUT2D eigenvalue weighted by Gasteiger charge is -2.00. The molecule has 0 aromatic heterocycles. The molecule has 4 heteroatoms. The van der Waals surface area contributed by atoms with Crippen LogP contribution >= 0.6 is 0 Å². The summed E-state index contributed by atoms with van der Waals surface area (Å²) in [6, 6.07) is 0. The Morgan fingerprint density at radius 3 is 1.73 bits per heavy atom. The minimum Gasteiger partial charge on any atom is -0.382 e. The maximum atomic E-state index is 5.08. The summed E-state index contributed by atoms with van der Waals surface area (Å²) >= 11 is 0. The molecule has 0 heterocycles. The summed E-state index contributed by atoms with van der Waals surface area (Å²) in [7, 11) is 1.49. The van der Waals surface area contributed by atoms with Crippen LogP contribution in [0.25, 0.3) is 0 Å². The van der Waals surface area contributed by atoms with Gasteiger partial charge in [0, 0.05) is 19.8 Å². The molecule has 94 valence electrons. The Bertz CT molecular complexity index is 78.7. The molecule has 0 aliphatic heterocycles. The van der Waals surface area contributed by atoms with Gasteiger partial charge in [-0.1, -0.05) is 13.8 Å². The van der Waals surface area contributed by atoms with Crippen LogP contribution in [0.2, 0.25) is 0 Å². The van der Waals surface area contributed by atoms with E-state index in [1.807, 2.05) is 6.92 Å². The zero-order chi connectivity index (χ0) is 11.8. The summed E-state index contributed by atoms with van der Waals surface area (Å²) in [5.74, 6) is 0. The van der Waals surface area contributed by atoms with Crippen molar-refractivity contribution in [1.29, 1.82) is 0 Å². The van der Waals surface area contributed by atoms with Crippen LogP contribution in [0.3, 0.4) is 0 Å². The molecule has 0 fully saturated rings. The van der Waals surface area contributed by atoms with Gasteiger partial charge in [0.05, 0.1) is 13.7 Å². The van der Waals surface area contributed by atoms with Crippen LogP contribution in [-0.4, -0.2) is 40.1 Å². The molecule has 15 heavy (non-hydrogen) atoms. The minimum absolute atomic E-state index is 0.510. The smallest absolute Gasteiger partial charge is 0.106 e. The molecule has 0 unspecified atom stereocenters. The van der Waals surface area contributed by atoms with Crippen molar-refractivity contribution < 1.29 is 19.2 Å². The van der Waals surface area contributed by atoms with Gasteiger partial charge in [-0.3, -0.25) is 0 Å². The molecule has 0 aliphatic carbocycles. The highest BCUT2D eigenvalue weighted by atomic mass is 17.2. The van der Waals surface area contributed by atoms with Crippen molar-refractivity contribution in [2.24, 2.45) is 0 Å². The Kier molecular flexibility index (Phi) is 22.3. The summed E-state index contributed by atoms with van der Waals surface area (Å²) < 4.78 is 10.1. The van der Waals surface area contributed by atoms with Gasteiger partial charge in [0.1, 0.15) is 6.61 Å². The third kappa shape index (κ3) is 24.8. The maximum absolute atomic E-state index is 5.08. The third-order valence-corrected chi connectivity index (χ3v) is 1.33. The second-order valence-electron chi connectivity index (χ2n) is 2.80. The molecule has 0 spiro atoms. The fourth-order valence-electron chi connectivity index (χ4n) is 0.711. The quantitative estimate of drug-likeness (QED) is 0.341. The Labute approximate surface area is 93.8 Å². The first-order valence-electron chi connectivity index (χ1n) is 5.64. The van der Waals surface area contributed by atoms with Crippen molar-refractivity contribution in [2.45, 2.75) is 33.6 Å². The molecule has 0 aromatic carbocycles. The van der Waals surface area contributed by atoms with Gasteiger partial charge in [-0.15, -0.1) is 0 Å². The van der Waals surface area contributed by atoms with E-state index in [4.69, 9.17) is 9.47 Å². The SMILES string of the molecule is CCCOCC.CCCOCCOOC. The fraction of sp³-hybridized carbons (Fsp3) is 1.00. The highest BCUT2D eigenvalue weighted by Crippen LogP contribution is 1.80. The van der Waals surface area contributed by atoms with Gasteiger partial charge < -0.3 is 9.47 Å². The molecule has 0 saturated carbocycles. The summed E-state index contributed by atoms with van der Waals surface area (Å²) in [5, 5.41) is 0. The lowest BCUT2D eigenvalue weighted by atomic mass is 10.5. The fourth-order valence-corrected chi connectivity index (χ4v) is 0.711.